The molecule has 0 radical (unpaired) electrons. The van der Waals surface area contributed by atoms with Crippen molar-refractivity contribution in [2.45, 2.75) is 6.42 Å². The summed E-state index contributed by atoms with van der Waals surface area (Å²) in [6.45, 7) is 0. The summed E-state index contributed by atoms with van der Waals surface area (Å²) >= 11 is 0. The quantitative estimate of drug-likeness (QED) is 0.244. The molecule has 7 N–H and O–H groups in total. The molecule has 8 nitrogen and oxygen atoms in total. The lowest BCUT2D eigenvalue weighted by molar-refractivity contribution is 0.403. The first-order valence-corrected chi connectivity index (χ1v) is 9.78. The van der Waals surface area contributed by atoms with Gasteiger partial charge in [-0.2, -0.15) is 0 Å². The number of rotatable bonds is 4. The molecule has 0 aliphatic carbocycles. The first-order chi connectivity index (χ1) is 15.3. The maximum absolute atomic E-state index is 10.6. The summed E-state index contributed by atoms with van der Waals surface area (Å²) < 4.78 is 1.74. The monoisotopic (exact) mass is 434 g/mol. The highest BCUT2D eigenvalue weighted by molar-refractivity contribution is 5.91. The van der Waals surface area contributed by atoms with E-state index in [1.807, 2.05) is 6.08 Å². The minimum Gasteiger partial charge on any atom is -0.504 e. The second-order valence-electron chi connectivity index (χ2n) is 7.31. The number of aromatic nitrogens is 1. The van der Waals surface area contributed by atoms with Crippen LogP contribution in [0.2, 0.25) is 0 Å². The van der Waals surface area contributed by atoms with E-state index in [9.17, 15) is 30.6 Å². The first-order valence-electron chi connectivity index (χ1n) is 9.78. The van der Waals surface area contributed by atoms with Gasteiger partial charge in [0.1, 0.15) is 0 Å². The number of nitrogens with zero attached hydrogens (tertiary/aromatic N) is 1. The molecule has 164 valence electrons. The van der Waals surface area contributed by atoms with Crippen molar-refractivity contribution in [2.24, 2.45) is 0 Å². The Morgan fingerprint density at radius 3 is 2.09 bits per heavy atom. The van der Waals surface area contributed by atoms with Crippen LogP contribution in [-0.4, -0.2) is 42.4 Å². The van der Waals surface area contributed by atoms with Crippen LogP contribution in [0, 0.1) is 0 Å². The molecule has 4 rings (SSSR count). The highest BCUT2D eigenvalue weighted by atomic mass is 16.3. The highest BCUT2D eigenvalue weighted by Crippen LogP contribution is 2.31. The molecular formula is C24H22N2O6. The zero-order valence-electron chi connectivity index (χ0n) is 17.1. The van der Waals surface area contributed by atoms with Gasteiger partial charge in [0.25, 0.3) is 0 Å². The SMILES string of the molecule is CNn1c(=C\Cc2ccc(O)c(O)c2)/c(=C\c2ccc(O)c(O)c2)c2c(O)c(O)ccc21. The largest absolute Gasteiger partial charge is 0.504 e. The van der Waals surface area contributed by atoms with Crippen LogP contribution >= 0.6 is 0 Å². The Balaban J connectivity index is 2.03. The van der Waals surface area contributed by atoms with E-state index in [0.29, 0.717) is 33.5 Å². The number of fused-ring (bicyclic) bond motifs is 1. The number of nitrogens with one attached hydrogen (secondary N) is 1. The minimum atomic E-state index is -0.289. The van der Waals surface area contributed by atoms with Gasteiger partial charge in [-0.05, 0) is 60.0 Å². The molecule has 0 amide bonds. The van der Waals surface area contributed by atoms with Gasteiger partial charge < -0.3 is 36.1 Å². The number of phenols is 6. The Bertz CT molecular complexity index is 1460. The Labute approximate surface area is 182 Å². The fourth-order valence-electron chi connectivity index (χ4n) is 3.70. The van der Waals surface area contributed by atoms with E-state index in [1.54, 1.807) is 36.0 Å². The number of benzene rings is 3. The van der Waals surface area contributed by atoms with Crippen molar-refractivity contribution < 1.29 is 30.6 Å². The molecule has 0 aliphatic heterocycles. The third-order valence-corrected chi connectivity index (χ3v) is 5.27. The summed E-state index contributed by atoms with van der Waals surface area (Å²) in [6, 6.07) is 12.0. The van der Waals surface area contributed by atoms with Crippen LogP contribution in [0.15, 0.2) is 48.5 Å². The van der Waals surface area contributed by atoms with Crippen molar-refractivity contribution in [3.8, 4) is 34.5 Å². The van der Waals surface area contributed by atoms with E-state index < -0.39 is 0 Å². The van der Waals surface area contributed by atoms with Gasteiger partial charge in [0.05, 0.1) is 16.3 Å². The topological polar surface area (TPSA) is 138 Å². The molecule has 1 heterocycles. The molecule has 0 bridgehead atoms. The molecule has 0 atom stereocenters. The standard InChI is InChI=1S/C24H22N2O6/c1-25-26-16(5-2-13-3-7-18(27)21(30)11-13)15(10-14-4-8-19(28)22(31)12-14)23-17(26)6-9-20(29)24(23)32/h3-12,25,27-32H,2H2,1H3/b15-10+,16-5-. The van der Waals surface area contributed by atoms with Gasteiger partial charge in [0.2, 0.25) is 0 Å². The zero-order valence-corrected chi connectivity index (χ0v) is 17.1. The molecular weight excluding hydrogens is 412 g/mol. The van der Waals surface area contributed by atoms with Crippen molar-refractivity contribution in [1.82, 2.24) is 4.68 Å². The van der Waals surface area contributed by atoms with Gasteiger partial charge in [-0.15, -0.1) is 0 Å². The molecule has 3 aromatic carbocycles. The molecule has 8 heteroatoms. The van der Waals surface area contributed by atoms with Crippen LogP contribution in [0.25, 0.3) is 23.1 Å². The van der Waals surface area contributed by atoms with Crippen molar-refractivity contribution in [3.05, 3.63) is 70.2 Å². The molecule has 0 spiro atoms. The summed E-state index contributed by atoms with van der Waals surface area (Å²) in [7, 11) is 1.71. The summed E-state index contributed by atoms with van der Waals surface area (Å²) in [5, 5.41) is 61.2. The van der Waals surface area contributed by atoms with Crippen LogP contribution in [0.4, 0.5) is 0 Å². The molecule has 32 heavy (non-hydrogen) atoms. The van der Waals surface area contributed by atoms with E-state index in [1.165, 1.54) is 30.3 Å². The van der Waals surface area contributed by atoms with Gasteiger partial charge in [0, 0.05) is 12.3 Å². The maximum Gasteiger partial charge on any atom is 0.167 e. The van der Waals surface area contributed by atoms with Crippen molar-refractivity contribution in [3.63, 3.8) is 0 Å². The van der Waals surface area contributed by atoms with Crippen LogP contribution in [0.1, 0.15) is 11.1 Å². The van der Waals surface area contributed by atoms with E-state index in [2.05, 4.69) is 5.43 Å². The van der Waals surface area contributed by atoms with Crippen molar-refractivity contribution >= 4 is 23.1 Å². The molecule has 0 saturated carbocycles. The predicted molar refractivity (Wildman–Crippen MR) is 121 cm³/mol. The first kappa shape index (κ1) is 20.8. The van der Waals surface area contributed by atoms with Crippen LogP contribution in [0.5, 0.6) is 34.5 Å². The Morgan fingerprint density at radius 2 is 1.44 bits per heavy atom. The Morgan fingerprint density at radius 1 is 0.781 bits per heavy atom. The average molecular weight is 434 g/mol. The number of hydrogen-bond acceptors (Lipinski definition) is 7. The lowest BCUT2D eigenvalue weighted by Gasteiger charge is -2.05. The fourth-order valence-corrected chi connectivity index (χ4v) is 3.70. The third kappa shape index (κ3) is 3.58. The fraction of sp³-hybridized carbons (Fsp3) is 0.0833. The van der Waals surface area contributed by atoms with Crippen molar-refractivity contribution in [2.75, 3.05) is 12.5 Å². The summed E-state index contributed by atoms with van der Waals surface area (Å²) in [4.78, 5) is 0. The zero-order chi connectivity index (χ0) is 23.0. The molecule has 4 aromatic rings. The smallest absolute Gasteiger partial charge is 0.167 e. The van der Waals surface area contributed by atoms with E-state index >= 15 is 0 Å². The van der Waals surface area contributed by atoms with Crippen LogP contribution in [-0.2, 0) is 6.42 Å². The Kier molecular flexibility index (Phi) is 5.19. The summed E-state index contributed by atoms with van der Waals surface area (Å²) in [5.74, 6) is -1.53. The maximum atomic E-state index is 10.6. The molecule has 0 fully saturated rings. The predicted octanol–water partition coefficient (Wildman–Crippen LogP) is 1.90. The van der Waals surface area contributed by atoms with Crippen LogP contribution < -0.4 is 16.0 Å². The molecule has 0 aliphatic rings. The number of hydrogen-bond donors (Lipinski definition) is 7. The minimum absolute atomic E-state index is 0.209. The van der Waals surface area contributed by atoms with E-state index in [4.69, 9.17) is 0 Å². The third-order valence-electron chi connectivity index (χ3n) is 5.27. The number of aromatic hydroxyl groups is 6. The highest BCUT2D eigenvalue weighted by Gasteiger charge is 2.14. The van der Waals surface area contributed by atoms with Gasteiger partial charge >= 0.3 is 0 Å². The summed E-state index contributed by atoms with van der Waals surface area (Å²) in [5.41, 5.74) is 4.98. The molecule has 0 unspecified atom stereocenters. The molecule has 0 saturated heterocycles. The Hall–Kier alpha value is -4.46. The number of phenolic OH excluding ortho intramolecular Hbond substituents is 6. The normalized spacial score (nSPS) is 12.5. The van der Waals surface area contributed by atoms with Gasteiger partial charge in [0.15, 0.2) is 34.5 Å². The average Bonchev–Trinajstić information content (AvgIpc) is 3.07. The van der Waals surface area contributed by atoms with Gasteiger partial charge in [-0.1, -0.05) is 18.2 Å². The lowest BCUT2D eigenvalue weighted by atomic mass is 10.1. The van der Waals surface area contributed by atoms with Crippen LogP contribution in [0.3, 0.4) is 0 Å². The second-order valence-corrected chi connectivity index (χ2v) is 7.31. The van der Waals surface area contributed by atoms with Gasteiger partial charge in [-0.25, -0.2) is 0 Å². The van der Waals surface area contributed by atoms with Gasteiger partial charge in [-0.3, -0.25) is 4.68 Å². The molecule has 1 aromatic heterocycles. The van der Waals surface area contributed by atoms with E-state index in [-0.39, 0.29) is 34.5 Å². The second kappa shape index (κ2) is 7.99. The van der Waals surface area contributed by atoms with E-state index in [0.717, 1.165) is 5.56 Å². The lowest BCUT2D eigenvalue weighted by Crippen LogP contribution is -2.33. The summed E-state index contributed by atoms with van der Waals surface area (Å²) in [6.07, 6.45) is 3.97. The van der Waals surface area contributed by atoms with Crippen molar-refractivity contribution in [1.29, 1.82) is 0 Å².